The maximum absolute atomic E-state index is 12.1. The van der Waals surface area contributed by atoms with Gasteiger partial charge in [-0.2, -0.15) is 4.98 Å². The number of fused-ring (bicyclic) bond motifs is 1. The van der Waals surface area contributed by atoms with Crippen molar-refractivity contribution in [1.29, 1.82) is 0 Å². The van der Waals surface area contributed by atoms with Crippen LogP contribution in [-0.2, 0) is 4.74 Å². The van der Waals surface area contributed by atoms with Crippen molar-refractivity contribution in [3.05, 3.63) is 24.3 Å². The lowest BCUT2D eigenvalue weighted by Gasteiger charge is -2.34. The zero-order chi connectivity index (χ0) is 18.0. The van der Waals surface area contributed by atoms with Crippen LogP contribution in [0.3, 0.4) is 0 Å². The molecule has 136 valence electrons. The summed E-state index contributed by atoms with van der Waals surface area (Å²) in [5.74, 6) is 0.513. The summed E-state index contributed by atoms with van der Waals surface area (Å²) in [5, 5.41) is 0. The molecular formula is C19H27N3O3. The Balaban J connectivity index is 1.52. The molecule has 0 bridgehead atoms. The van der Waals surface area contributed by atoms with E-state index in [2.05, 4.69) is 9.88 Å². The molecule has 2 aromatic rings. The second-order valence-electron chi connectivity index (χ2n) is 7.76. The lowest BCUT2D eigenvalue weighted by Crippen LogP contribution is -2.43. The third-order valence-electron chi connectivity index (χ3n) is 4.41. The van der Waals surface area contributed by atoms with Gasteiger partial charge in [-0.05, 0) is 51.7 Å². The van der Waals surface area contributed by atoms with E-state index >= 15 is 0 Å². The first-order chi connectivity index (χ1) is 11.8. The van der Waals surface area contributed by atoms with Gasteiger partial charge in [-0.25, -0.2) is 4.79 Å². The van der Waals surface area contributed by atoms with Gasteiger partial charge in [-0.15, -0.1) is 0 Å². The number of hydrogen-bond donors (Lipinski definition) is 0. The number of anilines is 1. The van der Waals surface area contributed by atoms with Gasteiger partial charge in [0.1, 0.15) is 11.1 Å². The molecule has 1 aliphatic rings. The third kappa shape index (κ3) is 4.44. The Kier molecular flexibility index (Phi) is 4.88. The largest absolute Gasteiger partial charge is 0.444 e. The fourth-order valence-corrected chi connectivity index (χ4v) is 3.11. The summed E-state index contributed by atoms with van der Waals surface area (Å²) in [6.07, 6.45) is 1.71. The summed E-state index contributed by atoms with van der Waals surface area (Å²) in [4.78, 5) is 20.5. The second kappa shape index (κ2) is 6.94. The maximum atomic E-state index is 12.1. The van der Waals surface area contributed by atoms with Crippen molar-refractivity contribution in [1.82, 2.24) is 9.88 Å². The smallest absolute Gasteiger partial charge is 0.410 e. The summed E-state index contributed by atoms with van der Waals surface area (Å²) in [6, 6.07) is 8.44. The molecule has 6 nitrogen and oxygen atoms in total. The zero-order valence-electron chi connectivity index (χ0n) is 15.5. The quantitative estimate of drug-likeness (QED) is 0.844. The Morgan fingerprint density at radius 3 is 2.64 bits per heavy atom. The molecule has 0 saturated carbocycles. The predicted octanol–water partition coefficient (Wildman–Crippen LogP) is 3.91. The zero-order valence-corrected chi connectivity index (χ0v) is 15.5. The average Bonchev–Trinajstić information content (AvgIpc) is 2.98. The van der Waals surface area contributed by atoms with Gasteiger partial charge in [0.15, 0.2) is 5.58 Å². The van der Waals surface area contributed by atoms with Gasteiger partial charge in [-0.1, -0.05) is 12.1 Å². The van der Waals surface area contributed by atoms with E-state index in [1.165, 1.54) is 0 Å². The van der Waals surface area contributed by atoms with E-state index < -0.39 is 5.60 Å². The van der Waals surface area contributed by atoms with Crippen LogP contribution in [0.2, 0.25) is 0 Å². The van der Waals surface area contributed by atoms with Crippen LogP contribution in [0.4, 0.5) is 10.8 Å². The molecule has 1 amide bonds. The van der Waals surface area contributed by atoms with Crippen molar-refractivity contribution >= 4 is 23.2 Å². The van der Waals surface area contributed by atoms with E-state index in [1.54, 1.807) is 4.90 Å². The summed E-state index contributed by atoms with van der Waals surface area (Å²) >= 11 is 0. The minimum atomic E-state index is -0.443. The fraction of sp³-hybridized carbons (Fsp3) is 0.579. The molecule has 6 heteroatoms. The van der Waals surface area contributed by atoms with Crippen LogP contribution in [0.15, 0.2) is 28.7 Å². The van der Waals surface area contributed by atoms with Crippen LogP contribution >= 0.6 is 0 Å². The standard InChI is InChI=1S/C19H27N3O3/c1-19(2,3)25-18(23)22-11-9-14(10-12-22)13-21(4)17-20-15-7-5-6-8-16(15)24-17/h5-8,14H,9-13H2,1-4H3. The summed E-state index contributed by atoms with van der Waals surface area (Å²) in [6.45, 7) is 8.03. The first kappa shape index (κ1) is 17.6. The van der Waals surface area contributed by atoms with E-state index in [-0.39, 0.29) is 6.09 Å². The minimum absolute atomic E-state index is 0.210. The molecule has 25 heavy (non-hydrogen) atoms. The maximum Gasteiger partial charge on any atom is 0.410 e. The molecule has 0 radical (unpaired) electrons. The van der Waals surface area contributed by atoms with Crippen LogP contribution in [-0.4, -0.2) is 48.3 Å². The molecule has 1 fully saturated rings. The number of ether oxygens (including phenoxy) is 1. The number of carbonyl (C=O) groups excluding carboxylic acids is 1. The number of para-hydroxylation sites is 2. The SMILES string of the molecule is CN(CC1CCN(C(=O)OC(C)(C)C)CC1)c1nc2ccccc2o1. The molecule has 1 aliphatic heterocycles. The monoisotopic (exact) mass is 345 g/mol. The average molecular weight is 345 g/mol. The summed E-state index contributed by atoms with van der Waals surface area (Å²) in [7, 11) is 2.00. The first-order valence-electron chi connectivity index (χ1n) is 8.86. The molecule has 0 atom stereocenters. The number of amides is 1. The number of piperidine rings is 1. The first-order valence-corrected chi connectivity index (χ1v) is 8.86. The van der Waals surface area contributed by atoms with Crippen molar-refractivity contribution in [2.45, 2.75) is 39.2 Å². The van der Waals surface area contributed by atoms with E-state index in [4.69, 9.17) is 9.15 Å². The molecule has 3 rings (SSSR count). The number of nitrogens with zero attached hydrogens (tertiary/aromatic N) is 3. The molecular weight excluding hydrogens is 318 g/mol. The Labute approximate surface area is 148 Å². The summed E-state index contributed by atoms with van der Waals surface area (Å²) < 4.78 is 11.3. The van der Waals surface area contributed by atoms with Crippen LogP contribution in [0.25, 0.3) is 11.1 Å². The summed E-state index contributed by atoms with van der Waals surface area (Å²) in [5.41, 5.74) is 1.24. The molecule has 2 heterocycles. The van der Waals surface area contributed by atoms with E-state index in [9.17, 15) is 4.79 Å². The van der Waals surface area contributed by atoms with Crippen molar-refractivity contribution in [2.75, 3.05) is 31.6 Å². The van der Waals surface area contributed by atoms with Crippen molar-refractivity contribution < 1.29 is 13.9 Å². The van der Waals surface area contributed by atoms with Crippen molar-refractivity contribution in [3.63, 3.8) is 0 Å². The van der Waals surface area contributed by atoms with Crippen LogP contribution in [0, 0.1) is 5.92 Å². The predicted molar refractivity (Wildman–Crippen MR) is 97.8 cm³/mol. The molecule has 1 aromatic carbocycles. The van der Waals surface area contributed by atoms with Gasteiger partial charge in [0.2, 0.25) is 0 Å². The molecule has 1 aromatic heterocycles. The minimum Gasteiger partial charge on any atom is -0.444 e. The molecule has 0 spiro atoms. The van der Waals surface area contributed by atoms with E-state index in [0.29, 0.717) is 11.9 Å². The Hall–Kier alpha value is -2.24. The lowest BCUT2D eigenvalue weighted by molar-refractivity contribution is 0.0186. The van der Waals surface area contributed by atoms with Gasteiger partial charge in [0.25, 0.3) is 6.01 Å². The van der Waals surface area contributed by atoms with Gasteiger partial charge in [0.05, 0.1) is 0 Å². The van der Waals surface area contributed by atoms with E-state index in [1.807, 2.05) is 52.1 Å². The van der Waals surface area contributed by atoms with Gasteiger partial charge in [0, 0.05) is 26.7 Å². The highest BCUT2D eigenvalue weighted by atomic mass is 16.6. The van der Waals surface area contributed by atoms with Crippen molar-refractivity contribution in [3.8, 4) is 0 Å². The van der Waals surface area contributed by atoms with Gasteiger partial charge < -0.3 is 19.0 Å². The second-order valence-corrected chi connectivity index (χ2v) is 7.76. The molecule has 0 N–H and O–H groups in total. The number of hydrogen-bond acceptors (Lipinski definition) is 5. The van der Waals surface area contributed by atoms with Gasteiger partial charge >= 0.3 is 6.09 Å². The Morgan fingerprint density at radius 2 is 2.00 bits per heavy atom. The highest BCUT2D eigenvalue weighted by Crippen LogP contribution is 2.24. The number of aromatic nitrogens is 1. The Morgan fingerprint density at radius 1 is 1.32 bits per heavy atom. The molecule has 0 aliphatic carbocycles. The number of carbonyl (C=O) groups is 1. The van der Waals surface area contributed by atoms with Gasteiger partial charge in [-0.3, -0.25) is 0 Å². The number of oxazole rings is 1. The topological polar surface area (TPSA) is 58.8 Å². The fourth-order valence-electron chi connectivity index (χ4n) is 3.11. The van der Waals surface area contributed by atoms with E-state index in [0.717, 1.165) is 43.6 Å². The molecule has 0 unspecified atom stereocenters. The lowest BCUT2D eigenvalue weighted by atomic mass is 9.96. The van der Waals surface area contributed by atoms with Crippen LogP contribution < -0.4 is 4.90 Å². The van der Waals surface area contributed by atoms with Crippen LogP contribution in [0.5, 0.6) is 0 Å². The van der Waals surface area contributed by atoms with Crippen LogP contribution in [0.1, 0.15) is 33.6 Å². The third-order valence-corrected chi connectivity index (χ3v) is 4.41. The van der Waals surface area contributed by atoms with Crippen molar-refractivity contribution in [2.24, 2.45) is 5.92 Å². The number of benzene rings is 1. The highest BCUT2D eigenvalue weighted by Gasteiger charge is 2.27. The molecule has 1 saturated heterocycles. The highest BCUT2D eigenvalue weighted by molar-refractivity contribution is 5.74. The normalized spacial score (nSPS) is 16.2. The number of rotatable bonds is 3. The Bertz CT molecular complexity index is 694. The number of likely N-dealkylation sites (tertiary alicyclic amines) is 1.